The van der Waals surface area contributed by atoms with Gasteiger partial charge in [-0.25, -0.2) is 0 Å². The zero-order valence-corrected chi connectivity index (χ0v) is 20.1. The molecular formula is C25H24N4O5S. The minimum absolute atomic E-state index is 0.165. The molecule has 2 aromatic heterocycles. The molecular weight excluding hydrogens is 468 g/mol. The maximum atomic E-state index is 13.0. The molecule has 0 aliphatic carbocycles. The second-order valence-corrected chi connectivity index (χ2v) is 9.12. The molecule has 4 aromatic rings. The van der Waals surface area contributed by atoms with Crippen molar-refractivity contribution in [1.29, 1.82) is 0 Å². The molecule has 180 valence electrons. The summed E-state index contributed by atoms with van der Waals surface area (Å²) in [6, 6.07) is 16.7. The lowest BCUT2D eigenvalue weighted by Gasteiger charge is -2.19. The van der Waals surface area contributed by atoms with Gasteiger partial charge in [-0.15, -0.1) is 10.2 Å². The number of nitrogens with one attached hydrogen (secondary N) is 1. The van der Waals surface area contributed by atoms with Crippen LogP contribution in [0.5, 0.6) is 17.2 Å². The summed E-state index contributed by atoms with van der Waals surface area (Å²) in [6.07, 6.45) is 1.63. The van der Waals surface area contributed by atoms with Gasteiger partial charge in [0.1, 0.15) is 24.7 Å². The largest absolute Gasteiger partial charge is 0.497 e. The van der Waals surface area contributed by atoms with Crippen molar-refractivity contribution in [3.05, 3.63) is 66.6 Å². The lowest BCUT2D eigenvalue weighted by atomic mass is 10.2. The molecule has 10 heteroatoms. The fourth-order valence-corrected chi connectivity index (χ4v) is 4.48. The summed E-state index contributed by atoms with van der Waals surface area (Å²) in [4.78, 5) is 13.0. The van der Waals surface area contributed by atoms with Crippen LogP contribution in [0.15, 0.2) is 70.4 Å². The number of fused-ring (bicyclic) bond motifs is 1. The number of benzene rings is 2. The van der Waals surface area contributed by atoms with Gasteiger partial charge in [-0.3, -0.25) is 9.36 Å². The molecule has 1 aliphatic heterocycles. The van der Waals surface area contributed by atoms with Gasteiger partial charge in [0.05, 0.1) is 25.2 Å². The Bertz CT molecular complexity index is 1320. The van der Waals surface area contributed by atoms with Crippen LogP contribution in [0.4, 0.5) is 5.69 Å². The Morgan fingerprint density at radius 2 is 1.97 bits per heavy atom. The van der Waals surface area contributed by atoms with E-state index in [2.05, 4.69) is 15.5 Å². The van der Waals surface area contributed by atoms with E-state index in [0.29, 0.717) is 47.9 Å². The van der Waals surface area contributed by atoms with Crippen molar-refractivity contribution in [1.82, 2.24) is 14.8 Å². The van der Waals surface area contributed by atoms with Crippen molar-refractivity contribution in [2.75, 3.05) is 25.6 Å². The van der Waals surface area contributed by atoms with E-state index in [-0.39, 0.29) is 5.91 Å². The second-order valence-electron chi connectivity index (χ2n) is 7.81. The van der Waals surface area contributed by atoms with Gasteiger partial charge >= 0.3 is 0 Å². The third-order valence-corrected chi connectivity index (χ3v) is 6.48. The number of carbonyl (C=O) groups is 1. The lowest BCUT2D eigenvalue weighted by molar-refractivity contribution is -0.115. The molecule has 0 saturated carbocycles. The van der Waals surface area contributed by atoms with E-state index in [0.717, 1.165) is 17.1 Å². The van der Waals surface area contributed by atoms with E-state index >= 15 is 0 Å². The predicted molar refractivity (Wildman–Crippen MR) is 131 cm³/mol. The number of methoxy groups -OCH3 is 1. The van der Waals surface area contributed by atoms with Crippen LogP contribution in [0, 0.1) is 0 Å². The fraction of sp³-hybridized carbons (Fsp3) is 0.240. The Hall–Kier alpha value is -3.92. The van der Waals surface area contributed by atoms with E-state index in [4.69, 9.17) is 18.6 Å². The van der Waals surface area contributed by atoms with Crippen molar-refractivity contribution in [3.8, 4) is 28.6 Å². The van der Waals surface area contributed by atoms with Gasteiger partial charge in [-0.1, -0.05) is 23.9 Å². The van der Waals surface area contributed by atoms with Crippen LogP contribution in [0.3, 0.4) is 0 Å². The first kappa shape index (κ1) is 22.9. The molecule has 1 aliphatic rings. The highest BCUT2D eigenvalue weighted by atomic mass is 32.2. The van der Waals surface area contributed by atoms with E-state index in [1.807, 2.05) is 47.9 Å². The minimum Gasteiger partial charge on any atom is -0.497 e. The molecule has 5 rings (SSSR count). The SMILES string of the molecule is COc1cccc(-c2nnc(S[C@@H](C)C(=O)Nc3ccc4c(c3)OCCO4)n2Cc2ccco2)c1. The van der Waals surface area contributed by atoms with Crippen molar-refractivity contribution in [2.45, 2.75) is 23.9 Å². The number of hydrogen-bond donors (Lipinski definition) is 1. The van der Waals surface area contributed by atoms with Crippen LogP contribution in [-0.4, -0.2) is 46.2 Å². The average Bonchev–Trinajstić information content (AvgIpc) is 3.54. The molecule has 1 amide bonds. The smallest absolute Gasteiger partial charge is 0.237 e. The van der Waals surface area contributed by atoms with Crippen molar-refractivity contribution in [2.24, 2.45) is 0 Å². The Morgan fingerprint density at radius 1 is 1.11 bits per heavy atom. The van der Waals surface area contributed by atoms with Gasteiger partial charge in [-0.05, 0) is 43.3 Å². The van der Waals surface area contributed by atoms with E-state index in [1.54, 1.807) is 31.6 Å². The van der Waals surface area contributed by atoms with Gasteiger partial charge in [0, 0.05) is 17.3 Å². The summed E-state index contributed by atoms with van der Waals surface area (Å²) in [5.41, 5.74) is 1.49. The Kier molecular flexibility index (Phi) is 6.62. The van der Waals surface area contributed by atoms with E-state index in [1.165, 1.54) is 11.8 Å². The number of nitrogens with zero attached hydrogens (tertiary/aromatic N) is 3. The molecule has 0 saturated heterocycles. The summed E-state index contributed by atoms with van der Waals surface area (Å²) in [5.74, 6) is 3.26. The third-order valence-electron chi connectivity index (χ3n) is 5.40. The van der Waals surface area contributed by atoms with E-state index < -0.39 is 5.25 Å². The first-order valence-corrected chi connectivity index (χ1v) is 12.0. The van der Waals surface area contributed by atoms with Gasteiger partial charge in [-0.2, -0.15) is 0 Å². The minimum atomic E-state index is -0.444. The lowest BCUT2D eigenvalue weighted by Crippen LogP contribution is -2.23. The van der Waals surface area contributed by atoms with Gasteiger partial charge < -0.3 is 23.9 Å². The van der Waals surface area contributed by atoms with Crippen LogP contribution >= 0.6 is 11.8 Å². The van der Waals surface area contributed by atoms with Crippen molar-refractivity contribution < 1.29 is 23.4 Å². The number of carbonyl (C=O) groups excluding carboxylic acids is 1. The fourth-order valence-electron chi connectivity index (χ4n) is 3.63. The molecule has 0 fully saturated rings. The van der Waals surface area contributed by atoms with Crippen LogP contribution < -0.4 is 19.5 Å². The molecule has 35 heavy (non-hydrogen) atoms. The predicted octanol–water partition coefficient (Wildman–Crippen LogP) is 4.49. The summed E-state index contributed by atoms with van der Waals surface area (Å²) < 4.78 is 24.0. The maximum absolute atomic E-state index is 13.0. The molecule has 0 unspecified atom stereocenters. The topological polar surface area (TPSA) is 101 Å². The van der Waals surface area contributed by atoms with Crippen LogP contribution in [0.25, 0.3) is 11.4 Å². The van der Waals surface area contributed by atoms with Crippen LogP contribution in [0.1, 0.15) is 12.7 Å². The molecule has 0 spiro atoms. The number of rotatable bonds is 8. The third kappa shape index (κ3) is 5.12. The molecule has 3 heterocycles. The number of aromatic nitrogens is 3. The van der Waals surface area contributed by atoms with Crippen LogP contribution in [0.2, 0.25) is 0 Å². The molecule has 0 bridgehead atoms. The summed E-state index contributed by atoms with van der Waals surface area (Å²) >= 11 is 1.32. The summed E-state index contributed by atoms with van der Waals surface area (Å²) in [6.45, 7) is 3.25. The van der Waals surface area contributed by atoms with E-state index in [9.17, 15) is 4.79 Å². The van der Waals surface area contributed by atoms with Crippen molar-refractivity contribution in [3.63, 3.8) is 0 Å². The summed E-state index contributed by atoms with van der Waals surface area (Å²) in [5, 5.41) is 11.9. The Balaban J connectivity index is 1.36. The average molecular weight is 493 g/mol. The standard InChI is InChI=1S/C25H24N4O5S/c1-16(24(30)26-18-8-9-21-22(14-18)34-12-11-33-21)35-25-28-27-23(17-5-3-6-19(13-17)31-2)29(25)15-20-7-4-10-32-20/h3-10,13-14,16H,11-12,15H2,1-2H3,(H,26,30)/t16-/m0/s1. The highest BCUT2D eigenvalue weighted by Gasteiger charge is 2.22. The molecule has 9 nitrogen and oxygen atoms in total. The summed E-state index contributed by atoms with van der Waals surface area (Å²) in [7, 11) is 1.62. The number of furan rings is 1. The second kappa shape index (κ2) is 10.1. The number of thioether (sulfide) groups is 1. The normalized spacial score (nSPS) is 13.3. The highest BCUT2D eigenvalue weighted by Crippen LogP contribution is 2.33. The Morgan fingerprint density at radius 3 is 2.77 bits per heavy atom. The molecule has 0 radical (unpaired) electrons. The maximum Gasteiger partial charge on any atom is 0.237 e. The molecule has 1 atom stereocenters. The van der Waals surface area contributed by atoms with Crippen LogP contribution in [-0.2, 0) is 11.3 Å². The number of anilines is 1. The van der Waals surface area contributed by atoms with Gasteiger partial charge in [0.25, 0.3) is 0 Å². The number of ether oxygens (including phenoxy) is 3. The number of hydrogen-bond acceptors (Lipinski definition) is 8. The molecule has 2 aromatic carbocycles. The van der Waals surface area contributed by atoms with Gasteiger partial charge in [0.15, 0.2) is 22.5 Å². The molecule has 1 N–H and O–H groups in total. The zero-order valence-electron chi connectivity index (χ0n) is 19.3. The number of amides is 1. The van der Waals surface area contributed by atoms with Crippen molar-refractivity contribution >= 4 is 23.4 Å². The highest BCUT2D eigenvalue weighted by molar-refractivity contribution is 8.00. The first-order valence-electron chi connectivity index (χ1n) is 11.1. The monoisotopic (exact) mass is 492 g/mol. The Labute approximate surface area is 206 Å². The zero-order chi connectivity index (χ0) is 24.2. The first-order chi connectivity index (χ1) is 17.1. The van der Waals surface area contributed by atoms with Gasteiger partial charge in [0.2, 0.25) is 5.91 Å². The quantitative estimate of drug-likeness (QED) is 0.359.